The van der Waals surface area contributed by atoms with E-state index in [1.807, 2.05) is 12.1 Å². The minimum Gasteiger partial charge on any atom is -0.479 e. The van der Waals surface area contributed by atoms with Crippen LogP contribution in [0.3, 0.4) is 0 Å². The molecule has 6 rings (SSSR count). The summed E-state index contributed by atoms with van der Waals surface area (Å²) in [5, 5.41) is 19.4. The van der Waals surface area contributed by atoms with E-state index in [0.29, 0.717) is 26.1 Å². The number of carboxylic acid groups (broad SMARTS) is 1. The van der Waals surface area contributed by atoms with Crippen molar-refractivity contribution in [2.75, 3.05) is 20.3 Å². The molecule has 2 fully saturated rings. The van der Waals surface area contributed by atoms with Crippen molar-refractivity contribution in [3.8, 4) is 5.69 Å². The van der Waals surface area contributed by atoms with Crippen LogP contribution in [-0.2, 0) is 14.3 Å². The lowest BCUT2D eigenvalue weighted by Gasteiger charge is -2.27. The molecule has 0 amide bonds. The summed E-state index contributed by atoms with van der Waals surface area (Å²) in [5.41, 5.74) is 4.02. The maximum absolute atomic E-state index is 13.9. The number of benzene rings is 2. The fourth-order valence-electron chi connectivity index (χ4n) is 6.16. The topological polar surface area (TPSA) is 89.4 Å². The van der Waals surface area contributed by atoms with Crippen LogP contribution in [0.15, 0.2) is 42.6 Å². The average Bonchev–Trinajstić information content (AvgIpc) is 3.59. The van der Waals surface area contributed by atoms with Crippen molar-refractivity contribution in [3.05, 3.63) is 59.7 Å². The van der Waals surface area contributed by atoms with Gasteiger partial charge in [-0.1, -0.05) is 0 Å². The van der Waals surface area contributed by atoms with Gasteiger partial charge < -0.3 is 19.1 Å². The minimum atomic E-state index is -1.18. The highest BCUT2D eigenvalue weighted by atomic mass is 19.1. The van der Waals surface area contributed by atoms with Gasteiger partial charge in [0.1, 0.15) is 5.82 Å². The summed E-state index contributed by atoms with van der Waals surface area (Å²) in [7, 11) is 1.49. The lowest BCUT2D eigenvalue weighted by atomic mass is 9.85. The molecule has 4 aromatic rings. The Labute approximate surface area is 201 Å². The Morgan fingerprint density at radius 1 is 1.20 bits per heavy atom. The first-order chi connectivity index (χ1) is 17.0. The fourth-order valence-corrected chi connectivity index (χ4v) is 6.16. The highest BCUT2D eigenvalue weighted by molar-refractivity contribution is 5.99. The minimum absolute atomic E-state index is 0.0217. The van der Waals surface area contributed by atoms with Crippen molar-refractivity contribution in [1.29, 1.82) is 0 Å². The van der Waals surface area contributed by atoms with E-state index in [-0.39, 0.29) is 17.7 Å². The molecule has 0 unspecified atom stereocenters. The predicted molar refractivity (Wildman–Crippen MR) is 130 cm³/mol. The van der Waals surface area contributed by atoms with E-state index in [9.17, 15) is 14.3 Å². The molecule has 2 aromatic carbocycles. The zero-order valence-electron chi connectivity index (χ0n) is 19.6. The number of rotatable bonds is 5. The van der Waals surface area contributed by atoms with Crippen LogP contribution in [0.4, 0.5) is 4.39 Å². The Morgan fingerprint density at radius 2 is 1.97 bits per heavy atom. The molecule has 7 nitrogen and oxygen atoms in total. The number of carboxylic acids is 1. The summed E-state index contributed by atoms with van der Waals surface area (Å²) in [4.78, 5) is 12.2. The number of methoxy groups -OCH3 is 1. The molecule has 2 atom stereocenters. The van der Waals surface area contributed by atoms with E-state index >= 15 is 0 Å². The van der Waals surface area contributed by atoms with Crippen molar-refractivity contribution in [2.24, 2.45) is 0 Å². The highest BCUT2D eigenvalue weighted by Crippen LogP contribution is 2.50. The van der Waals surface area contributed by atoms with E-state index in [1.54, 1.807) is 6.20 Å². The van der Waals surface area contributed by atoms with Crippen LogP contribution in [0.1, 0.15) is 55.2 Å². The summed E-state index contributed by atoms with van der Waals surface area (Å²) >= 11 is 0. The zero-order valence-corrected chi connectivity index (χ0v) is 19.6. The van der Waals surface area contributed by atoms with Crippen LogP contribution in [-0.4, -0.2) is 51.8 Å². The molecule has 2 aromatic heterocycles. The number of H-pyrrole nitrogens is 1. The van der Waals surface area contributed by atoms with Crippen LogP contribution < -0.4 is 0 Å². The normalized spacial score (nSPS) is 23.4. The molecule has 1 saturated heterocycles. The number of aromatic amines is 1. The maximum atomic E-state index is 13.9. The largest absolute Gasteiger partial charge is 0.479 e. The molecule has 182 valence electrons. The van der Waals surface area contributed by atoms with Gasteiger partial charge in [-0.05, 0) is 80.0 Å². The lowest BCUT2D eigenvalue weighted by Crippen LogP contribution is -2.37. The van der Waals surface area contributed by atoms with Gasteiger partial charge in [0.05, 0.1) is 17.2 Å². The van der Waals surface area contributed by atoms with Crippen molar-refractivity contribution >= 4 is 27.8 Å². The number of hydrogen-bond acceptors (Lipinski definition) is 4. The SMILES string of the molecule is CO[C@@]1(C(=O)O)CC[C@@H](c2c(C3CCOCC3)n(-c3ccc(F)cc3)c3cc4cn[nH]c4cc23)C1. The molecule has 35 heavy (non-hydrogen) atoms. The van der Waals surface area contributed by atoms with Gasteiger partial charge in [-0.2, -0.15) is 5.10 Å². The Bertz CT molecular complexity index is 1400. The van der Waals surface area contributed by atoms with Crippen molar-refractivity contribution in [1.82, 2.24) is 14.8 Å². The highest BCUT2D eigenvalue weighted by Gasteiger charge is 2.48. The van der Waals surface area contributed by atoms with Gasteiger partial charge in [-0.25, -0.2) is 9.18 Å². The second kappa shape index (κ2) is 8.46. The third kappa shape index (κ3) is 3.54. The third-order valence-electron chi connectivity index (χ3n) is 7.96. The van der Waals surface area contributed by atoms with Gasteiger partial charge in [0.15, 0.2) is 5.60 Å². The molecule has 0 bridgehead atoms. The fraction of sp³-hybridized carbons (Fsp3) is 0.407. The van der Waals surface area contributed by atoms with Crippen molar-refractivity contribution < 1.29 is 23.8 Å². The number of ether oxygens (including phenoxy) is 2. The Morgan fingerprint density at radius 3 is 2.66 bits per heavy atom. The molecule has 2 N–H and O–H groups in total. The molecular weight excluding hydrogens is 449 g/mol. The number of aromatic nitrogens is 3. The Kier molecular flexibility index (Phi) is 5.38. The average molecular weight is 478 g/mol. The summed E-state index contributed by atoms with van der Waals surface area (Å²) in [5.74, 6) is -0.922. The van der Waals surface area contributed by atoms with E-state index in [2.05, 4.69) is 26.9 Å². The quantitative estimate of drug-likeness (QED) is 0.408. The van der Waals surface area contributed by atoms with Crippen LogP contribution in [0.2, 0.25) is 0 Å². The van der Waals surface area contributed by atoms with Crippen molar-refractivity contribution in [2.45, 2.75) is 49.5 Å². The van der Waals surface area contributed by atoms with Gasteiger partial charge in [-0.3, -0.25) is 5.10 Å². The number of nitrogens with zero attached hydrogens (tertiary/aromatic N) is 2. The molecule has 0 radical (unpaired) electrons. The van der Waals surface area contributed by atoms with Gasteiger partial charge in [0, 0.05) is 48.4 Å². The molecule has 2 aliphatic rings. The first-order valence-electron chi connectivity index (χ1n) is 12.1. The predicted octanol–water partition coefficient (Wildman–Crippen LogP) is 5.28. The monoisotopic (exact) mass is 477 g/mol. The molecule has 0 spiro atoms. The molecule has 1 aliphatic heterocycles. The number of hydrogen-bond donors (Lipinski definition) is 2. The van der Waals surface area contributed by atoms with Crippen LogP contribution in [0.25, 0.3) is 27.5 Å². The van der Waals surface area contributed by atoms with Crippen molar-refractivity contribution in [3.63, 3.8) is 0 Å². The first-order valence-corrected chi connectivity index (χ1v) is 12.1. The van der Waals surface area contributed by atoms with Crippen LogP contribution in [0.5, 0.6) is 0 Å². The van der Waals surface area contributed by atoms with E-state index in [0.717, 1.165) is 46.8 Å². The lowest BCUT2D eigenvalue weighted by molar-refractivity contribution is -0.161. The smallest absolute Gasteiger partial charge is 0.335 e. The first kappa shape index (κ1) is 22.2. The number of halogens is 1. The van der Waals surface area contributed by atoms with Gasteiger partial charge in [0.25, 0.3) is 0 Å². The van der Waals surface area contributed by atoms with E-state index in [1.165, 1.54) is 30.5 Å². The Hall–Kier alpha value is -3.23. The summed E-state index contributed by atoms with van der Waals surface area (Å²) in [6, 6.07) is 10.9. The number of nitrogens with one attached hydrogen (secondary N) is 1. The number of fused-ring (bicyclic) bond motifs is 2. The standard InChI is InChI=1S/C27H28FN3O4/c1-34-27(26(32)33)9-6-17(14-27)24-21-13-22-18(15-29-30-22)12-23(21)31(20-4-2-19(28)3-5-20)25(24)16-7-10-35-11-8-16/h2-5,12-13,15-17H,6-11,14H2,1H3,(H,29,30)(H,32,33)/t17-,27+/m1/s1. The molecule has 3 heterocycles. The van der Waals surface area contributed by atoms with Crippen LogP contribution in [0, 0.1) is 5.82 Å². The number of aliphatic carboxylic acids is 1. The van der Waals surface area contributed by atoms with Gasteiger partial charge in [-0.15, -0.1) is 0 Å². The molecular formula is C27H28FN3O4. The molecule has 8 heteroatoms. The summed E-state index contributed by atoms with van der Waals surface area (Å²) in [6.07, 6.45) is 5.17. The Balaban J connectivity index is 1.64. The van der Waals surface area contributed by atoms with Gasteiger partial charge in [0.2, 0.25) is 0 Å². The zero-order chi connectivity index (χ0) is 24.2. The summed E-state index contributed by atoms with van der Waals surface area (Å²) in [6.45, 7) is 1.36. The summed E-state index contributed by atoms with van der Waals surface area (Å²) < 4.78 is 27.4. The molecule has 1 saturated carbocycles. The van der Waals surface area contributed by atoms with Gasteiger partial charge >= 0.3 is 5.97 Å². The number of carbonyl (C=O) groups is 1. The van der Waals surface area contributed by atoms with E-state index < -0.39 is 11.6 Å². The second-order valence-electron chi connectivity index (χ2n) is 9.77. The van der Waals surface area contributed by atoms with Crippen LogP contribution >= 0.6 is 0 Å². The van der Waals surface area contributed by atoms with E-state index in [4.69, 9.17) is 9.47 Å². The molecule has 1 aliphatic carbocycles. The second-order valence-corrected chi connectivity index (χ2v) is 9.77. The third-order valence-corrected chi connectivity index (χ3v) is 7.96. The maximum Gasteiger partial charge on any atom is 0.335 e.